The second-order valence-electron chi connectivity index (χ2n) is 11.6. The van der Waals surface area contributed by atoms with Crippen LogP contribution in [0.5, 0.6) is 11.6 Å². The lowest BCUT2D eigenvalue weighted by Gasteiger charge is -2.34. The molecule has 0 radical (unpaired) electrons. The predicted octanol–water partition coefficient (Wildman–Crippen LogP) is 6.49. The molecule has 0 bridgehead atoms. The maximum atomic E-state index is 12.6. The molecule has 1 amide bonds. The van der Waals surface area contributed by atoms with Crippen LogP contribution in [0.4, 0.5) is 16.4 Å². The van der Waals surface area contributed by atoms with Crippen LogP contribution in [0.3, 0.4) is 0 Å². The molecule has 44 heavy (non-hydrogen) atoms. The first kappa shape index (κ1) is 30.7. The number of ether oxygens (including phenoxy) is 2. The number of rotatable bonds is 8. The average Bonchev–Trinajstić information content (AvgIpc) is 2.98. The molecule has 11 nitrogen and oxygen atoms in total. The number of likely N-dealkylation sites (tertiary alicyclic amines) is 1. The van der Waals surface area contributed by atoms with Crippen molar-refractivity contribution in [1.82, 2.24) is 19.9 Å². The van der Waals surface area contributed by atoms with Crippen LogP contribution >= 0.6 is 0 Å². The summed E-state index contributed by atoms with van der Waals surface area (Å²) in [6.45, 7) is 12.0. The van der Waals surface area contributed by atoms with Gasteiger partial charge in [-0.2, -0.15) is 0 Å². The van der Waals surface area contributed by atoms with Crippen molar-refractivity contribution in [2.75, 3.05) is 23.1 Å². The summed E-state index contributed by atoms with van der Waals surface area (Å²) in [5, 5.41) is 5.62. The smallest absolute Gasteiger partial charge is 0.410 e. The maximum absolute atomic E-state index is 12.6. The highest BCUT2D eigenvalue weighted by Crippen LogP contribution is 2.39. The predicted molar refractivity (Wildman–Crippen MR) is 171 cm³/mol. The topological polar surface area (TPSA) is 136 Å². The van der Waals surface area contributed by atoms with Gasteiger partial charge in [0.05, 0.1) is 16.9 Å². The van der Waals surface area contributed by atoms with E-state index in [1.54, 1.807) is 41.6 Å². The van der Waals surface area contributed by atoms with Gasteiger partial charge in [0, 0.05) is 47.7 Å². The van der Waals surface area contributed by atoms with Crippen molar-refractivity contribution in [2.24, 2.45) is 0 Å². The molecule has 1 aliphatic heterocycles. The van der Waals surface area contributed by atoms with Gasteiger partial charge in [0.15, 0.2) is 0 Å². The normalized spacial score (nSPS) is 15.5. The Morgan fingerprint density at radius 3 is 2.66 bits per heavy atom. The van der Waals surface area contributed by atoms with Crippen molar-refractivity contribution in [1.29, 1.82) is 0 Å². The fourth-order valence-corrected chi connectivity index (χ4v) is 5.54. The van der Waals surface area contributed by atoms with E-state index in [-0.39, 0.29) is 12.1 Å². The number of carbonyl (C=O) groups is 1. The van der Waals surface area contributed by atoms with E-state index in [2.05, 4.69) is 26.6 Å². The molecule has 2 N–H and O–H groups in total. The van der Waals surface area contributed by atoms with E-state index >= 15 is 0 Å². The number of carbonyl (C=O) groups excluding carboxylic acids is 1. The van der Waals surface area contributed by atoms with E-state index in [0.717, 1.165) is 23.8 Å². The number of amides is 1. The SMILES string of the molecule is C=CS(=O)(=O)Nc1cccc2c(Oc3ncccc3-c3ccnc(N[C@H]4CCCN(C(=O)OC(C)(C)C)C4)n3)c(C)ccc12. The molecule has 4 aromatic rings. The van der Waals surface area contributed by atoms with Crippen LogP contribution in [0.25, 0.3) is 22.0 Å². The first-order valence-electron chi connectivity index (χ1n) is 14.3. The summed E-state index contributed by atoms with van der Waals surface area (Å²) in [5.74, 6) is 1.30. The number of anilines is 2. The zero-order valence-corrected chi connectivity index (χ0v) is 26.0. The van der Waals surface area contributed by atoms with E-state index in [1.165, 1.54) is 0 Å². The lowest BCUT2D eigenvalue weighted by atomic mass is 10.0. The van der Waals surface area contributed by atoms with E-state index in [4.69, 9.17) is 14.5 Å². The van der Waals surface area contributed by atoms with Gasteiger partial charge < -0.3 is 19.7 Å². The van der Waals surface area contributed by atoms with Crippen molar-refractivity contribution in [3.8, 4) is 22.9 Å². The van der Waals surface area contributed by atoms with Crippen LogP contribution in [0.15, 0.2) is 72.9 Å². The zero-order valence-electron chi connectivity index (χ0n) is 25.2. The van der Waals surface area contributed by atoms with Gasteiger partial charge in [0.1, 0.15) is 11.4 Å². The number of nitrogens with one attached hydrogen (secondary N) is 2. The molecular weight excluding hydrogens is 580 g/mol. The lowest BCUT2D eigenvalue weighted by molar-refractivity contribution is 0.0206. The molecule has 1 saturated heterocycles. The molecule has 3 heterocycles. The standard InChI is InChI=1S/C32H36N6O5S/c1-6-44(40,41)37-27-13-7-11-24-23(27)15-14-21(2)28(24)42-29-25(12-8-17-33-29)26-16-18-34-30(36-26)35-22-10-9-19-38(20-22)31(39)43-32(3,4)5/h6-8,11-18,22,37H,1,9-10,19-20H2,2-5H3,(H,34,35,36)/t22-/m0/s1. The summed E-state index contributed by atoms with van der Waals surface area (Å²) in [6, 6.07) is 14.4. The summed E-state index contributed by atoms with van der Waals surface area (Å²) in [7, 11) is -3.70. The van der Waals surface area contributed by atoms with Crippen LogP contribution in [0.1, 0.15) is 39.2 Å². The first-order valence-corrected chi connectivity index (χ1v) is 15.9. The Kier molecular flexibility index (Phi) is 8.73. The summed E-state index contributed by atoms with van der Waals surface area (Å²) < 4.78 is 38.9. The fraction of sp³-hybridized carbons (Fsp3) is 0.312. The van der Waals surface area contributed by atoms with Gasteiger partial charge in [-0.3, -0.25) is 4.72 Å². The number of hydrogen-bond acceptors (Lipinski definition) is 9. The Bertz CT molecular complexity index is 1800. The molecule has 5 rings (SSSR count). The van der Waals surface area contributed by atoms with E-state index < -0.39 is 15.6 Å². The van der Waals surface area contributed by atoms with Gasteiger partial charge in [-0.25, -0.2) is 28.2 Å². The number of pyridine rings is 1. The third kappa shape index (κ3) is 7.25. The Morgan fingerprint density at radius 2 is 1.89 bits per heavy atom. The Morgan fingerprint density at radius 1 is 1.07 bits per heavy atom. The lowest BCUT2D eigenvalue weighted by Crippen LogP contribution is -2.47. The van der Waals surface area contributed by atoms with Gasteiger partial charge in [0.2, 0.25) is 11.8 Å². The van der Waals surface area contributed by atoms with Gasteiger partial charge in [-0.15, -0.1) is 0 Å². The van der Waals surface area contributed by atoms with E-state index in [0.29, 0.717) is 58.4 Å². The molecule has 0 saturated carbocycles. The number of fused-ring (bicyclic) bond motifs is 1. The van der Waals surface area contributed by atoms with Crippen LogP contribution in [0, 0.1) is 6.92 Å². The van der Waals surface area contributed by atoms with Crippen molar-refractivity contribution < 1.29 is 22.7 Å². The van der Waals surface area contributed by atoms with E-state index in [1.807, 2.05) is 52.0 Å². The summed E-state index contributed by atoms with van der Waals surface area (Å²) in [4.78, 5) is 28.0. The number of aromatic nitrogens is 3. The number of sulfonamides is 1. The largest absolute Gasteiger partial charge is 0.444 e. The molecule has 2 aromatic carbocycles. The third-order valence-electron chi connectivity index (χ3n) is 6.99. The highest BCUT2D eigenvalue weighted by Gasteiger charge is 2.28. The quantitative estimate of drug-likeness (QED) is 0.228. The van der Waals surface area contributed by atoms with Crippen LogP contribution in [-0.4, -0.2) is 59.1 Å². The molecule has 1 aliphatic rings. The summed E-state index contributed by atoms with van der Waals surface area (Å²) in [5.41, 5.74) is 1.94. The highest BCUT2D eigenvalue weighted by atomic mass is 32.2. The van der Waals surface area contributed by atoms with Crippen molar-refractivity contribution in [2.45, 2.75) is 52.2 Å². The number of aryl methyl sites for hydroxylation is 1. The van der Waals surface area contributed by atoms with E-state index in [9.17, 15) is 13.2 Å². The van der Waals surface area contributed by atoms with Crippen LogP contribution in [0.2, 0.25) is 0 Å². The van der Waals surface area contributed by atoms with Gasteiger partial charge in [-0.05, 0) is 70.4 Å². The Labute approximate surface area is 257 Å². The Hall–Kier alpha value is -4.71. The van der Waals surface area contributed by atoms with Crippen LogP contribution in [-0.2, 0) is 14.8 Å². The minimum Gasteiger partial charge on any atom is -0.444 e. The molecular formula is C32H36N6O5S. The monoisotopic (exact) mass is 616 g/mol. The summed E-state index contributed by atoms with van der Waals surface area (Å²) in [6.07, 6.45) is 4.66. The number of benzene rings is 2. The second kappa shape index (κ2) is 12.5. The molecule has 12 heteroatoms. The second-order valence-corrected chi connectivity index (χ2v) is 13.2. The number of hydrogen-bond donors (Lipinski definition) is 2. The van der Waals surface area contributed by atoms with Gasteiger partial charge in [0.25, 0.3) is 10.0 Å². The van der Waals surface area contributed by atoms with Gasteiger partial charge >= 0.3 is 6.09 Å². The number of nitrogens with zero attached hydrogens (tertiary/aromatic N) is 4. The maximum Gasteiger partial charge on any atom is 0.410 e. The molecule has 1 atom stereocenters. The third-order valence-corrected chi connectivity index (χ3v) is 7.93. The molecule has 0 spiro atoms. The minimum atomic E-state index is -3.70. The summed E-state index contributed by atoms with van der Waals surface area (Å²) >= 11 is 0. The highest BCUT2D eigenvalue weighted by molar-refractivity contribution is 7.95. The zero-order chi connectivity index (χ0) is 31.5. The molecule has 230 valence electrons. The van der Waals surface area contributed by atoms with Crippen molar-refractivity contribution in [3.05, 3.63) is 78.5 Å². The van der Waals surface area contributed by atoms with Crippen molar-refractivity contribution in [3.63, 3.8) is 0 Å². The molecule has 0 aliphatic carbocycles. The minimum absolute atomic E-state index is 0.0396. The molecule has 0 unspecified atom stereocenters. The molecule has 2 aromatic heterocycles. The molecule has 1 fully saturated rings. The average molecular weight is 617 g/mol. The van der Waals surface area contributed by atoms with Gasteiger partial charge in [-0.1, -0.05) is 30.8 Å². The first-order chi connectivity index (χ1) is 20.9. The van der Waals surface area contributed by atoms with Crippen LogP contribution < -0.4 is 14.8 Å². The Balaban J connectivity index is 1.40. The van der Waals surface area contributed by atoms with Crippen molar-refractivity contribution >= 4 is 38.5 Å². The fourth-order valence-electron chi connectivity index (χ4n) is 4.97. The number of piperidine rings is 1.